The van der Waals surface area contributed by atoms with Gasteiger partial charge in [0.1, 0.15) is 0 Å². The molecule has 1 aliphatic rings. The molecule has 13 heavy (non-hydrogen) atoms. The molecular weight excluding hydrogens is 162 g/mol. The highest BCUT2D eigenvalue weighted by Crippen LogP contribution is 2.33. The van der Waals surface area contributed by atoms with Crippen molar-refractivity contribution in [3.63, 3.8) is 0 Å². The van der Waals surface area contributed by atoms with Gasteiger partial charge in [0.05, 0.1) is 13.2 Å². The molecular formula is C11H23NO. The zero-order chi connectivity index (χ0) is 9.90. The van der Waals surface area contributed by atoms with Crippen LogP contribution >= 0.6 is 0 Å². The molecule has 1 fully saturated rings. The van der Waals surface area contributed by atoms with Gasteiger partial charge in [0, 0.05) is 18.0 Å². The van der Waals surface area contributed by atoms with Gasteiger partial charge in [-0.25, -0.2) is 0 Å². The first-order valence-electron chi connectivity index (χ1n) is 5.35. The summed E-state index contributed by atoms with van der Waals surface area (Å²) in [6.45, 7) is 12.0. The summed E-state index contributed by atoms with van der Waals surface area (Å²) >= 11 is 0. The van der Waals surface area contributed by atoms with E-state index in [0.717, 1.165) is 25.7 Å². The quantitative estimate of drug-likeness (QED) is 0.708. The SMILES string of the molecule is CC(C)CC1(CNC(C)C)COC1. The fourth-order valence-corrected chi connectivity index (χ4v) is 1.97. The minimum absolute atomic E-state index is 0.443. The van der Waals surface area contributed by atoms with E-state index in [1.807, 2.05) is 0 Å². The number of ether oxygens (including phenoxy) is 1. The van der Waals surface area contributed by atoms with Crippen molar-refractivity contribution in [1.82, 2.24) is 5.32 Å². The third-order valence-corrected chi connectivity index (χ3v) is 2.54. The number of rotatable bonds is 5. The average molecular weight is 185 g/mol. The lowest BCUT2D eigenvalue weighted by Crippen LogP contribution is -2.51. The highest BCUT2D eigenvalue weighted by Gasteiger charge is 2.38. The van der Waals surface area contributed by atoms with Crippen molar-refractivity contribution >= 4 is 0 Å². The summed E-state index contributed by atoms with van der Waals surface area (Å²) in [6, 6.07) is 0.588. The summed E-state index contributed by atoms with van der Waals surface area (Å²) in [6.07, 6.45) is 1.28. The van der Waals surface area contributed by atoms with Crippen LogP contribution in [0.1, 0.15) is 34.1 Å². The van der Waals surface area contributed by atoms with E-state index in [-0.39, 0.29) is 0 Å². The molecule has 0 saturated carbocycles. The Labute approximate surface area is 82.0 Å². The first-order valence-corrected chi connectivity index (χ1v) is 5.35. The summed E-state index contributed by atoms with van der Waals surface area (Å²) in [5, 5.41) is 3.51. The normalized spacial score (nSPS) is 20.8. The van der Waals surface area contributed by atoms with E-state index in [2.05, 4.69) is 33.0 Å². The molecule has 0 bridgehead atoms. The standard InChI is InChI=1S/C11H23NO/c1-9(2)5-11(7-13-8-11)6-12-10(3)4/h9-10,12H,5-8H2,1-4H3. The Morgan fingerprint density at radius 1 is 1.23 bits per heavy atom. The molecule has 0 aromatic rings. The summed E-state index contributed by atoms with van der Waals surface area (Å²) < 4.78 is 5.33. The third-order valence-electron chi connectivity index (χ3n) is 2.54. The minimum atomic E-state index is 0.443. The molecule has 0 amide bonds. The molecule has 1 heterocycles. The van der Waals surface area contributed by atoms with Crippen LogP contribution in [0, 0.1) is 11.3 Å². The molecule has 1 rings (SSSR count). The summed E-state index contributed by atoms with van der Waals surface area (Å²) in [7, 11) is 0. The Hall–Kier alpha value is -0.0800. The van der Waals surface area contributed by atoms with Gasteiger partial charge in [0.15, 0.2) is 0 Å². The molecule has 2 heteroatoms. The molecule has 0 spiro atoms. The summed E-state index contributed by atoms with van der Waals surface area (Å²) in [4.78, 5) is 0. The number of nitrogens with one attached hydrogen (secondary N) is 1. The van der Waals surface area contributed by atoms with Crippen LogP contribution in [0.5, 0.6) is 0 Å². The largest absolute Gasteiger partial charge is 0.380 e. The smallest absolute Gasteiger partial charge is 0.0557 e. The van der Waals surface area contributed by atoms with Gasteiger partial charge in [-0.3, -0.25) is 0 Å². The molecule has 2 nitrogen and oxygen atoms in total. The minimum Gasteiger partial charge on any atom is -0.380 e. The lowest BCUT2D eigenvalue weighted by atomic mass is 9.78. The van der Waals surface area contributed by atoms with Crippen LogP contribution in [0.2, 0.25) is 0 Å². The zero-order valence-electron chi connectivity index (χ0n) is 9.39. The lowest BCUT2D eigenvalue weighted by Gasteiger charge is -2.43. The van der Waals surface area contributed by atoms with Gasteiger partial charge >= 0.3 is 0 Å². The zero-order valence-corrected chi connectivity index (χ0v) is 9.39. The van der Waals surface area contributed by atoms with Gasteiger partial charge in [0.25, 0.3) is 0 Å². The lowest BCUT2D eigenvalue weighted by molar-refractivity contribution is -0.121. The molecule has 0 unspecified atom stereocenters. The second-order valence-electron chi connectivity index (χ2n) is 5.13. The van der Waals surface area contributed by atoms with Gasteiger partial charge in [-0.05, 0) is 12.3 Å². The number of hydrogen-bond donors (Lipinski definition) is 1. The van der Waals surface area contributed by atoms with Crippen LogP contribution < -0.4 is 5.32 Å². The van der Waals surface area contributed by atoms with Gasteiger partial charge in [-0.15, -0.1) is 0 Å². The molecule has 78 valence electrons. The van der Waals surface area contributed by atoms with Crippen LogP contribution in [0.25, 0.3) is 0 Å². The van der Waals surface area contributed by atoms with Gasteiger partial charge in [-0.2, -0.15) is 0 Å². The van der Waals surface area contributed by atoms with E-state index < -0.39 is 0 Å². The molecule has 0 aliphatic carbocycles. The molecule has 0 aromatic carbocycles. The van der Waals surface area contributed by atoms with Crippen LogP contribution in [0.4, 0.5) is 0 Å². The summed E-state index contributed by atoms with van der Waals surface area (Å²) in [5.41, 5.74) is 0.443. The highest BCUT2D eigenvalue weighted by molar-refractivity contribution is 4.88. The predicted octanol–water partition coefficient (Wildman–Crippen LogP) is 2.05. The fourth-order valence-electron chi connectivity index (χ4n) is 1.97. The van der Waals surface area contributed by atoms with Gasteiger partial charge in [-0.1, -0.05) is 27.7 Å². The van der Waals surface area contributed by atoms with Crippen molar-refractivity contribution in [3.8, 4) is 0 Å². The Balaban J connectivity index is 2.31. The first kappa shape index (κ1) is 11.0. The molecule has 1 N–H and O–H groups in total. The van der Waals surface area contributed by atoms with E-state index in [9.17, 15) is 0 Å². The second-order valence-corrected chi connectivity index (χ2v) is 5.13. The van der Waals surface area contributed by atoms with Gasteiger partial charge in [0.2, 0.25) is 0 Å². The van der Waals surface area contributed by atoms with Gasteiger partial charge < -0.3 is 10.1 Å². The fraction of sp³-hybridized carbons (Fsp3) is 1.00. The predicted molar refractivity (Wildman–Crippen MR) is 55.8 cm³/mol. The molecule has 1 saturated heterocycles. The van der Waals surface area contributed by atoms with Crippen molar-refractivity contribution in [1.29, 1.82) is 0 Å². The maximum atomic E-state index is 5.33. The van der Waals surface area contributed by atoms with Crippen LogP contribution in [0.3, 0.4) is 0 Å². The molecule has 0 radical (unpaired) electrons. The van der Waals surface area contributed by atoms with Crippen LogP contribution in [-0.2, 0) is 4.74 Å². The van der Waals surface area contributed by atoms with E-state index >= 15 is 0 Å². The van der Waals surface area contributed by atoms with E-state index in [1.165, 1.54) is 6.42 Å². The maximum Gasteiger partial charge on any atom is 0.0557 e. The Kier molecular flexibility index (Phi) is 3.74. The Morgan fingerprint density at radius 3 is 2.15 bits per heavy atom. The monoisotopic (exact) mass is 185 g/mol. The molecule has 0 atom stereocenters. The van der Waals surface area contributed by atoms with Crippen molar-refractivity contribution < 1.29 is 4.74 Å². The van der Waals surface area contributed by atoms with E-state index in [4.69, 9.17) is 4.74 Å². The Bertz CT molecular complexity index is 150. The topological polar surface area (TPSA) is 21.3 Å². The number of hydrogen-bond acceptors (Lipinski definition) is 2. The molecule has 0 aromatic heterocycles. The third kappa shape index (κ3) is 3.28. The first-order chi connectivity index (χ1) is 6.04. The average Bonchev–Trinajstić information content (AvgIpc) is 1.93. The Morgan fingerprint density at radius 2 is 1.85 bits per heavy atom. The van der Waals surface area contributed by atoms with Crippen molar-refractivity contribution in [2.75, 3.05) is 19.8 Å². The van der Waals surface area contributed by atoms with Crippen LogP contribution in [0.15, 0.2) is 0 Å². The van der Waals surface area contributed by atoms with Crippen molar-refractivity contribution in [2.45, 2.75) is 40.2 Å². The summed E-state index contributed by atoms with van der Waals surface area (Å²) in [5.74, 6) is 0.776. The van der Waals surface area contributed by atoms with Crippen LogP contribution in [-0.4, -0.2) is 25.8 Å². The second kappa shape index (κ2) is 4.43. The van der Waals surface area contributed by atoms with E-state index in [0.29, 0.717) is 11.5 Å². The molecule has 1 aliphatic heterocycles. The maximum absolute atomic E-state index is 5.33. The van der Waals surface area contributed by atoms with E-state index in [1.54, 1.807) is 0 Å². The van der Waals surface area contributed by atoms with Crippen molar-refractivity contribution in [3.05, 3.63) is 0 Å². The van der Waals surface area contributed by atoms with Crippen molar-refractivity contribution in [2.24, 2.45) is 11.3 Å². The highest BCUT2D eigenvalue weighted by atomic mass is 16.5.